The molecule has 7 nitrogen and oxygen atoms in total. The van der Waals surface area contributed by atoms with Crippen molar-refractivity contribution in [1.29, 1.82) is 0 Å². The van der Waals surface area contributed by atoms with Gasteiger partial charge in [0.2, 0.25) is 5.91 Å². The maximum atomic E-state index is 12.4. The van der Waals surface area contributed by atoms with Gasteiger partial charge in [-0.1, -0.05) is 24.3 Å². The summed E-state index contributed by atoms with van der Waals surface area (Å²) in [6.45, 7) is 3.83. The van der Waals surface area contributed by atoms with Crippen LogP contribution in [-0.2, 0) is 4.79 Å². The number of fused-ring (bicyclic) bond motifs is 1. The Bertz CT molecular complexity index is 881. The average Bonchev–Trinajstić information content (AvgIpc) is 3.02. The van der Waals surface area contributed by atoms with Crippen molar-refractivity contribution < 1.29 is 24.3 Å². The Morgan fingerprint density at radius 3 is 2.64 bits per heavy atom. The lowest BCUT2D eigenvalue weighted by molar-refractivity contribution is -0.129. The predicted octanol–water partition coefficient (Wildman–Crippen LogP) is 2.95. The van der Waals surface area contributed by atoms with E-state index in [9.17, 15) is 9.59 Å². The molecule has 0 radical (unpaired) electrons. The molecule has 0 spiro atoms. The predicted molar refractivity (Wildman–Crippen MR) is 103 cm³/mol. The molecule has 2 aromatic rings. The van der Waals surface area contributed by atoms with Gasteiger partial charge in [0, 0.05) is 17.9 Å². The molecule has 2 atom stereocenters. The van der Waals surface area contributed by atoms with Crippen LogP contribution in [0.2, 0.25) is 0 Å². The highest BCUT2D eigenvalue weighted by atomic mass is 16.5. The Labute approximate surface area is 163 Å². The van der Waals surface area contributed by atoms with Crippen molar-refractivity contribution in [3.63, 3.8) is 0 Å². The summed E-state index contributed by atoms with van der Waals surface area (Å²) in [5.41, 5.74) is 3.90. The lowest BCUT2D eigenvalue weighted by Gasteiger charge is -2.25. The summed E-state index contributed by atoms with van der Waals surface area (Å²) in [5.74, 6) is 0.0220. The van der Waals surface area contributed by atoms with Crippen molar-refractivity contribution in [3.8, 4) is 11.5 Å². The molecule has 1 aliphatic rings. The highest BCUT2D eigenvalue weighted by molar-refractivity contribution is 5.99. The Kier molecular flexibility index (Phi) is 5.84. The first-order valence-electron chi connectivity index (χ1n) is 9.12. The minimum Gasteiger partial charge on any atom is -0.493 e. The first-order chi connectivity index (χ1) is 13.4. The van der Waals surface area contributed by atoms with E-state index in [1.54, 1.807) is 30.8 Å². The van der Waals surface area contributed by atoms with Gasteiger partial charge < -0.3 is 14.8 Å². The van der Waals surface area contributed by atoms with Gasteiger partial charge in [0.25, 0.3) is 5.91 Å². The van der Waals surface area contributed by atoms with Crippen molar-refractivity contribution in [2.24, 2.45) is 0 Å². The van der Waals surface area contributed by atoms with E-state index in [-0.39, 0.29) is 18.4 Å². The zero-order valence-electron chi connectivity index (χ0n) is 16.1. The monoisotopic (exact) mass is 384 g/mol. The highest BCUT2D eigenvalue weighted by Crippen LogP contribution is 2.41. The van der Waals surface area contributed by atoms with E-state index in [2.05, 4.69) is 5.32 Å². The molecule has 1 heterocycles. The largest absolute Gasteiger partial charge is 0.493 e. The van der Waals surface area contributed by atoms with Gasteiger partial charge in [-0.3, -0.25) is 14.8 Å². The van der Waals surface area contributed by atoms with Crippen LogP contribution in [0, 0.1) is 0 Å². The number of nitrogens with one attached hydrogen (secondary N) is 2. The van der Waals surface area contributed by atoms with E-state index in [0.717, 1.165) is 11.1 Å². The number of hydrogen-bond donors (Lipinski definition) is 3. The topological polar surface area (TPSA) is 96.9 Å². The SMILES string of the molecule is COc1ccc(C(CC(=O)NO)C2NC(=O)c3ccccc32)cc1OC(C)C. The molecule has 7 heteroatoms. The average molecular weight is 384 g/mol. The van der Waals surface area contributed by atoms with Crippen molar-refractivity contribution in [2.75, 3.05) is 7.11 Å². The maximum Gasteiger partial charge on any atom is 0.252 e. The Balaban J connectivity index is 2.04. The Morgan fingerprint density at radius 1 is 1.21 bits per heavy atom. The second-order valence-electron chi connectivity index (χ2n) is 6.96. The fraction of sp³-hybridized carbons (Fsp3) is 0.333. The van der Waals surface area contributed by atoms with Gasteiger partial charge in [0.15, 0.2) is 11.5 Å². The second kappa shape index (κ2) is 8.31. The van der Waals surface area contributed by atoms with Gasteiger partial charge in [-0.25, -0.2) is 5.48 Å². The van der Waals surface area contributed by atoms with E-state index < -0.39 is 17.9 Å². The van der Waals surface area contributed by atoms with E-state index in [1.807, 2.05) is 38.1 Å². The van der Waals surface area contributed by atoms with Crippen LogP contribution in [-0.4, -0.2) is 30.2 Å². The summed E-state index contributed by atoms with van der Waals surface area (Å²) in [4.78, 5) is 24.4. The summed E-state index contributed by atoms with van der Waals surface area (Å²) < 4.78 is 11.2. The van der Waals surface area contributed by atoms with Crippen molar-refractivity contribution in [2.45, 2.75) is 38.3 Å². The number of carbonyl (C=O) groups is 2. The molecular formula is C21H24N2O5. The summed E-state index contributed by atoms with van der Waals surface area (Å²) in [5, 5.41) is 12.0. The zero-order chi connectivity index (χ0) is 20.3. The van der Waals surface area contributed by atoms with Gasteiger partial charge in [-0.05, 0) is 43.2 Å². The molecule has 0 saturated heterocycles. The summed E-state index contributed by atoms with van der Waals surface area (Å²) in [6, 6.07) is 12.3. The number of hydrogen-bond acceptors (Lipinski definition) is 5. The van der Waals surface area contributed by atoms with Crippen molar-refractivity contribution in [3.05, 3.63) is 59.2 Å². The molecule has 3 N–H and O–H groups in total. The summed E-state index contributed by atoms with van der Waals surface area (Å²) in [6.07, 6.45) is -0.0706. The lowest BCUT2D eigenvalue weighted by atomic mass is 9.84. The summed E-state index contributed by atoms with van der Waals surface area (Å²) >= 11 is 0. The standard InChI is InChI=1S/C21H24N2O5/c1-12(2)28-18-10-13(8-9-17(18)27-3)16(11-19(24)23-26)20-14-6-4-5-7-15(14)21(25)22-20/h4-10,12,16,20,26H,11H2,1-3H3,(H,22,25)(H,23,24). The van der Waals surface area contributed by atoms with Crippen LogP contribution in [0.15, 0.2) is 42.5 Å². The third-order valence-electron chi connectivity index (χ3n) is 4.74. The van der Waals surface area contributed by atoms with Crippen LogP contribution < -0.4 is 20.3 Å². The molecule has 148 valence electrons. The Morgan fingerprint density at radius 2 is 1.96 bits per heavy atom. The molecule has 0 saturated carbocycles. The van der Waals surface area contributed by atoms with Crippen LogP contribution in [0.25, 0.3) is 0 Å². The highest BCUT2D eigenvalue weighted by Gasteiger charge is 2.36. The smallest absolute Gasteiger partial charge is 0.252 e. The third kappa shape index (κ3) is 3.94. The van der Waals surface area contributed by atoms with E-state index in [1.165, 1.54) is 0 Å². The van der Waals surface area contributed by atoms with E-state index in [4.69, 9.17) is 14.7 Å². The van der Waals surface area contributed by atoms with Gasteiger partial charge in [-0.15, -0.1) is 0 Å². The quantitative estimate of drug-likeness (QED) is 0.504. The second-order valence-corrected chi connectivity index (χ2v) is 6.96. The van der Waals surface area contributed by atoms with Crippen LogP contribution in [0.5, 0.6) is 11.5 Å². The van der Waals surface area contributed by atoms with Gasteiger partial charge in [-0.2, -0.15) is 0 Å². The number of rotatable bonds is 7. The first-order valence-corrected chi connectivity index (χ1v) is 9.12. The fourth-order valence-corrected chi connectivity index (χ4v) is 3.53. The molecular weight excluding hydrogens is 360 g/mol. The van der Waals surface area contributed by atoms with Crippen LogP contribution >= 0.6 is 0 Å². The van der Waals surface area contributed by atoms with E-state index >= 15 is 0 Å². The molecule has 2 aromatic carbocycles. The van der Waals surface area contributed by atoms with Crippen molar-refractivity contribution >= 4 is 11.8 Å². The molecule has 0 aliphatic carbocycles. The fourth-order valence-electron chi connectivity index (χ4n) is 3.53. The number of amides is 2. The van der Waals surface area contributed by atoms with Gasteiger partial charge in [0.05, 0.1) is 19.3 Å². The maximum absolute atomic E-state index is 12.4. The molecule has 3 rings (SSSR count). The minimum atomic E-state index is -0.536. The van der Waals surface area contributed by atoms with Crippen molar-refractivity contribution in [1.82, 2.24) is 10.8 Å². The molecule has 0 aromatic heterocycles. The zero-order valence-corrected chi connectivity index (χ0v) is 16.1. The molecule has 2 amide bonds. The van der Waals surface area contributed by atoms with Crippen LogP contribution in [0.3, 0.4) is 0 Å². The minimum absolute atomic E-state index is 0.0107. The normalized spacial score (nSPS) is 16.3. The van der Waals surface area contributed by atoms with E-state index in [0.29, 0.717) is 17.1 Å². The number of methoxy groups -OCH3 is 1. The van der Waals surface area contributed by atoms with Crippen LogP contribution in [0.1, 0.15) is 53.7 Å². The molecule has 28 heavy (non-hydrogen) atoms. The lowest BCUT2D eigenvalue weighted by Crippen LogP contribution is -2.29. The number of hydroxylamine groups is 1. The summed E-state index contributed by atoms with van der Waals surface area (Å²) in [7, 11) is 1.56. The number of benzene rings is 2. The first kappa shape index (κ1) is 19.7. The van der Waals surface area contributed by atoms with Gasteiger partial charge in [0.1, 0.15) is 0 Å². The van der Waals surface area contributed by atoms with Crippen LogP contribution in [0.4, 0.5) is 0 Å². The molecule has 2 unspecified atom stereocenters. The van der Waals surface area contributed by atoms with Gasteiger partial charge >= 0.3 is 0 Å². The molecule has 1 aliphatic heterocycles. The number of ether oxygens (including phenoxy) is 2. The molecule has 0 bridgehead atoms. The molecule has 0 fully saturated rings. The third-order valence-corrected chi connectivity index (χ3v) is 4.74. The Hall–Kier alpha value is -3.06. The number of carbonyl (C=O) groups excluding carboxylic acids is 2.